The van der Waals surface area contributed by atoms with E-state index in [0.717, 1.165) is 54.9 Å². The number of rotatable bonds is 2. The van der Waals surface area contributed by atoms with Crippen LogP contribution in [0.5, 0.6) is 0 Å². The van der Waals surface area contributed by atoms with Crippen molar-refractivity contribution in [1.29, 1.82) is 0 Å². The molecule has 0 radical (unpaired) electrons. The minimum absolute atomic E-state index is 0. The van der Waals surface area contributed by atoms with Crippen molar-refractivity contribution in [1.82, 2.24) is 15.2 Å². The highest BCUT2D eigenvalue weighted by atomic mass is 35.5. The van der Waals surface area contributed by atoms with E-state index in [1.54, 1.807) is 11.3 Å². The second kappa shape index (κ2) is 8.49. The molecule has 7 heteroatoms. The molecule has 2 atom stereocenters. The van der Waals surface area contributed by atoms with E-state index in [9.17, 15) is 4.79 Å². The van der Waals surface area contributed by atoms with Crippen LogP contribution in [-0.4, -0.2) is 41.0 Å². The average Bonchev–Trinajstić information content (AvgIpc) is 3.14. The minimum Gasteiger partial charge on any atom is -0.331 e. The quantitative estimate of drug-likeness (QED) is 0.831. The number of halogens is 2. The fourth-order valence-electron chi connectivity index (χ4n) is 3.81. The van der Waals surface area contributed by atoms with Crippen LogP contribution in [0.4, 0.5) is 0 Å². The van der Waals surface area contributed by atoms with Gasteiger partial charge >= 0.3 is 0 Å². The zero-order chi connectivity index (χ0) is 15.8. The lowest BCUT2D eigenvalue weighted by molar-refractivity contribution is 0.0679. The Morgan fingerprint density at radius 3 is 2.72 bits per heavy atom. The van der Waals surface area contributed by atoms with Gasteiger partial charge in [-0.3, -0.25) is 9.78 Å². The molecule has 136 valence electrons. The van der Waals surface area contributed by atoms with Gasteiger partial charge in [0.1, 0.15) is 0 Å². The molecule has 2 aliphatic rings. The van der Waals surface area contributed by atoms with E-state index in [-0.39, 0.29) is 30.7 Å². The van der Waals surface area contributed by atoms with E-state index >= 15 is 0 Å². The van der Waals surface area contributed by atoms with Crippen LogP contribution >= 0.6 is 36.2 Å². The highest BCUT2D eigenvalue weighted by molar-refractivity contribution is 7.08. The lowest BCUT2D eigenvalue weighted by atomic mass is 10.1. The number of carbonyl (C=O) groups is 1. The van der Waals surface area contributed by atoms with Crippen LogP contribution in [0.15, 0.2) is 29.0 Å². The first-order valence-electron chi connectivity index (χ1n) is 8.27. The number of carbonyl (C=O) groups excluding carboxylic acids is 1. The summed E-state index contributed by atoms with van der Waals surface area (Å²) >= 11 is 1.66. The van der Waals surface area contributed by atoms with Gasteiger partial charge in [0.05, 0.1) is 17.0 Å². The van der Waals surface area contributed by atoms with E-state index in [2.05, 4.69) is 26.6 Å². The summed E-state index contributed by atoms with van der Waals surface area (Å²) in [5.74, 6) is 0.156. The van der Waals surface area contributed by atoms with Crippen LogP contribution in [0.3, 0.4) is 0 Å². The maximum atomic E-state index is 13.1. The zero-order valence-electron chi connectivity index (χ0n) is 14.1. The van der Waals surface area contributed by atoms with Gasteiger partial charge < -0.3 is 10.2 Å². The maximum absolute atomic E-state index is 13.1. The Balaban J connectivity index is 0.00000113. The number of nitrogens with one attached hydrogen (secondary N) is 1. The maximum Gasteiger partial charge on any atom is 0.256 e. The summed E-state index contributed by atoms with van der Waals surface area (Å²) in [5.41, 5.74) is 3.65. The normalized spacial score (nSPS) is 21.9. The second-order valence-electron chi connectivity index (χ2n) is 6.43. The SMILES string of the molecule is Cc1nc(-c2ccsc2)ccc1C(=O)N1C2CCNCC1CC2.Cl.Cl. The molecule has 2 bridgehead atoms. The number of thiophene rings is 1. The predicted molar refractivity (Wildman–Crippen MR) is 107 cm³/mol. The number of amides is 1. The fourth-order valence-corrected chi connectivity index (χ4v) is 4.46. The molecule has 2 aliphatic heterocycles. The zero-order valence-corrected chi connectivity index (χ0v) is 16.6. The van der Waals surface area contributed by atoms with Gasteiger partial charge in [-0.2, -0.15) is 11.3 Å². The summed E-state index contributed by atoms with van der Waals surface area (Å²) in [6.07, 6.45) is 3.31. The predicted octanol–water partition coefficient (Wildman–Crippen LogP) is 3.93. The molecule has 25 heavy (non-hydrogen) atoms. The number of hydrogen-bond donors (Lipinski definition) is 1. The summed E-state index contributed by atoms with van der Waals surface area (Å²) < 4.78 is 0. The molecule has 2 aromatic rings. The van der Waals surface area contributed by atoms with Gasteiger partial charge in [0, 0.05) is 29.6 Å². The summed E-state index contributed by atoms with van der Waals surface area (Å²) in [6, 6.07) is 6.72. The molecule has 0 saturated carbocycles. The van der Waals surface area contributed by atoms with Crippen molar-refractivity contribution in [3.05, 3.63) is 40.2 Å². The Hall–Kier alpha value is -1.14. The number of fused-ring (bicyclic) bond motifs is 2. The Labute approximate surface area is 164 Å². The highest BCUT2D eigenvalue weighted by Gasteiger charge is 2.38. The van der Waals surface area contributed by atoms with Gasteiger partial charge in [0.2, 0.25) is 0 Å². The molecular weight excluding hydrogens is 377 g/mol. The molecule has 0 aliphatic carbocycles. The summed E-state index contributed by atoms with van der Waals surface area (Å²) in [6.45, 7) is 3.88. The third-order valence-electron chi connectivity index (χ3n) is 5.02. The lowest BCUT2D eigenvalue weighted by Gasteiger charge is -2.28. The van der Waals surface area contributed by atoms with Crippen molar-refractivity contribution in [2.75, 3.05) is 13.1 Å². The molecule has 2 fully saturated rings. The molecule has 1 amide bonds. The van der Waals surface area contributed by atoms with Crippen molar-refractivity contribution in [3.63, 3.8) is 0 Å². The second-order valence-corrected chi connectivity index (χ2v) is 7.21. The van der Waals surface area contributed by atoms with Crippen molar-refractivity contribution < 1.29 is 4.79 Å². The third-order valence-corrected chi connectivity index (χ3v) is 5.71. The molecule has 4 rings (SSSR count). The molecule has 1 N–H and O–H groups in total. The van der Waals surface area contributed by atoms with Crippen LogP contribution in [0.2, 0.25) is 0 Å². The highest BCUT2D eigenvalue weighted by Crippen LogP contribution is 2.30. The minimum atomic E-state index is 0. The average molecular weight is 400 g/mol. The molecule has 2 aromatic heterocycles. The number of aromatic nitrogens is 1. The van der Waals surface area contributed by atoms with Gasteiger partial charge in [-0.1, -0.05) is 0 Å². The van der Waals surface area contributed by atoms with Gasteiger partial charge in [-0.25, -0.2) is 0 Å². The number of nitrogens with zero attached hydrogens (tertiary/aromatic N) is 2. The Morgan fingerprint density at radius 1 is 1.20 bits per heavy atom. The number of pyridine rings is 1. The monoisotopic (exact) mass is 399 g/mol. The first kappa shape index (κ1) is 20.2. The summed E-state index contributed by atoms with van der Waals surface area (Å²) in [7, 11) is 0. The lowest BCUT2D eigenvalue weighted by Crippen LogP contribution is -2.42. The fraction of sp³-hybridized carbons (Fsp3) is 0.444. The van der Waals surface area contributed by atoms with Gasteiger partial charge in [-0.15, -0.1) is 24.8 Å². The Bertz CT molecular complexity index is 709. The molecule has 2 unspecified atom stereocenters. The van der Waals surface area contributed by atoms with E-state index in [1.165, 1.54) is 0 Å². The van der Waals surface area contributed by atoms with E-state index in [4.69, 9.17) is 0 Å². The van der Waals surface area contributed by atoms with Gasteiger partial charge in [0.15, 0.2) is 0 Å². The number of hydrogen-bond acceptors (Lipinski definition) is 4. The van der Waals surface area contributed by atoms with E-state index < -0.39 is 0 Å². The molecule has 4 nitrogen and oxygen atoms in total. The van der Waals surface area contributed by atoms with Crippen molar-refractivity contribution >= 4 is 42.1 Å². The smallest absolute Gasteiger partial charge is 0.256 e. The largest absolute Gasteiger partial charge is 0.331 e. The van der Waals surface area contributed by atoms with Crippen LogP contribution in [0.25, 0.3) is 11.3 Å². The summed E-state index contributed by atoms with van der Waals surface area (Å²) in [5, 5.41) is 7.59. The molecule has 0 aromatic carbocycles. The molecule has 2 saturated heterocycles. The Morgan fingerprint density at radius 2 is 2.00 bits per heavy atom. The van der Waals surface area contributed by atoms with Crippen molar-refractivity contribution in [2.45, 2.75) is 38.3 Å². The first-order valence-corrected chi connectivity index (χ1v) is 9.22. The molecule has 4 heterocycles. The van der Waals surface area contributed by atoms with E-state index in [0.29, 0.717) is 12.1 Å². The topological polar surface area (TPSA) is 45.2 Å². The van der Waals surface area contributed by atoms with Crippen LogP contribution in [0, 0.1) is 6.92 Å². The van der Waals surface area contributed by atoms with Crippen LogP contribution < -0.4 is 5.32 Å². The van der Waals surface area contributed by atoms with Crippen LogP contribution in [0.1, 0.15) is 35.3 Å². The Kier molecular flexibility index (Phi) is 6.86. The standard InChI is InChI=1S/C18H21N3OS.2ClH/c1-12-16(4-5-17(20-12)13-7-9-23-11-13)18(22)21-14-2-3-15(21)10-19-8-6-14;;/h4-5,7,9,11,14-15,19H,2-3,6,8,10H2,1H3;2*1H. The van der Waals surface area contributed by atoms with Crippen molar-refractivity contribution in [3.8, 4) is 11.3 Å². The van der Waals surface area contributed by atoms with Crippen molar-refractivity contribution in [2.24, 2.45) is 0 Å². The van der Waals surface area contributed by atoms with Gasteiger partial charge in [-0.05, 0) is 56.3 Å². The summed E-state index contributed by atoms with van der Waals surface area (Å²) in [4.78, 5) is 19.9. The molecular formula is C18H23Cl2N3OS. The third kappa shape index (κ3) is 3.85. The van der Waals surface area contributed by atoms with E-state index in [1.807, 2.05) is 24.4 Å². The first-order chi connectivity index (χ1) is 11.2. The number of aryl methyl sites for hydroxylation is 1. The van der Waals surface area contributed by atoms with Crippen LogP contribution in [-0.2, 0) is 0 Å². The molecule has 0 spiro atoms. The van der Waals surface area contributed by atoms with Gasteiger partial charge in [0.25, 0.3) is 5.91 Å².